The third-order valence-corrected chi connectivity index (χ3v) is 6.88. The molecule has 7 nitrogen and oxygen atoms in total. The monoisotopic (exact) mass is 493 g/mol. The molecule has 0 atom stereocenters. The highest BCUT2D eigenvalue weighted by Gasteiger charge is 2.24. The summed E-state index contributed by atoms with van der Waals surface area (Å²) in [7, 11) is 1.68. The summed E-state index contributed by atoms with van der Waals surface area (Å²) < 4.78 is 10.6. The first kappa shape index (κ1) is 24.9. The van der Waals surface area contributed by atoms with E-state index in [0.717, 1.165) is 49.6 Å². The molecule has 8 heteroatoms. The normalized spacial score (nSPS) is 14.5. The maximum atomic E-state index is 12.9. The fraction of sp³-hybridized carbons (Fsp3) is 0.333. The van der Waals surface area contributed by atoms with Gasteiger partial charge >= 0.3 is 5.97 Å². The van der Waals surface area contributed by atoms with Gasteiger partial charge in [-0.25, -0.2) is 4.79 Å². The minimum Gasteiger partial charge on any atom is -0.497 e. The van der Waals surface area contributed by atoms with Crippen LogP contribution in [-0.2, 0) is 16.1 Å². The Balaban J connectivity index is 1.35. The van der Waals surface area contributed by atoms with Crippen molar-refractivity contribution in [1.29, 1.82) is 0 Å². The third kappa shape index (κ3) is 6.48. The van der Waals surface area contributed by atoms with Crippen molar-refractivity contribution >= 4 is 28.2 Å². The number of rotatable bonds is 9. The molecule has 2 aromatic carbocycles. The van der Waals surface area contributed by atoms with Gasteiger partial charge in [0.1, 0.15) is 16.3 Å². The van der Waals surface area contributed by atoms with Crippen molar-refractivity contribution in [2.45, 2.75) is 13.5 Å². The van der Waals surface area contributed by atoms with Crippen LogP contribution in [0.1, 0.15) is 22.8 Å². The Labute approximate surface area is 210 Å². The first-order valence-corrected chi connectivity index (χ1v) is 12.7. The molecule has 1 fully saturated rings. The summed E-state index contributed by atoms with van der Waals surface area (Å²) in [6, 6.07) is 17.8. The van der Waals surface area contributed by atoms with E-state index in [1.165, 1.54) is 16.9 Å². The highest BCUT2D eigenvalue weighted by Crippen LogP contribution is 2.36. The molecule has 1 aliphatic heterocycles. The highest BCUT2D eigenvalue weighted by atomic mass is 32.1. The molecular formula is C27H31N3O4S. The van der Waals surface area contributed by atoms with Gasteiger partial charge < -0.3 is 14.8 Å². The van der Waals surface area contributed by atoms with Crippen LogP contribution >= 0.6 is 11.3 Å². The molecule has 0 spiro atoms. The number of nitrogens with one attached hydrogen (secondary N) is 1. The van der Waals surface area contributed by atoms with Crippen LogP contribution in [0.15, 0.2) is 60.0 Å². The van der Waals surface area contributed by atoms with E-state index in [2.05, 4.69) is 27.2 Å². The molecule has 0 aliphatic carbocycles. The average molecular weight is 494 g/mol. The van der Waals surface area contributed by atoms with Gasteiger partial charge in [-0.1, -0.05) is 42.5 Å². The molecular weight excluding hydrogens is 462 g/mol. The largest absolute Gasteiger partial charge is 0.497 e. The zero-order chi connectivity index (χ0) is 24.6. The van der Waals surface area contributed by atoms with Gasteiger partial charge in [0, 0.05) is 43.7 Å². The summed E-state index contributed by atoms with van der Waals surface area (Å²) in [5.74, 6) is 0.316. The Kier molecular flexibility index (Phi) is 8.52. The minimum absolute atomic E-state index is 0.127. The Morgan fingerprint density at radius 2 is 1.74 bits per heavy atom. The minimum atomic E-state index is -0.422. The lowest BCUT2D eigenvalue weighted by molar-refractivity contribution is -0.117. The number of ether oxygens (including phenoxy) is 2. The second kappa shape index (κ2) is 12.0. The number of hydrogen-bond acceptors (Lipinski definition) is 7. The maximum absolute atomic E-state index is 12.9. The van der Waals surface area contributed by atoms with Gasteiger partial charge in [0.05, 0.1) is 20.3 Å². The summed E-state index contributed by atoms with van der Waals surface area (Å²) >= 11 is 1.35. The zero-order valence-corrected chi connectivity index (χ0v) is 21.0. The molecule has 0 bridgehead atoms. The summed E-state index contributed by atoms with van der Waals surface area (Å²) in [5.41, 5.74) is 3.32. The van der Waals surface area contributed by atoms with E-state index in [1.807, 2.05) is 47.8 Å². The van der Waals surface area contributed by atoms with Crippen molar-refractivity contribution < 1.29 is 19.1 Å². The number of carbonyl (C=O) groups is 2. The number of thiophene rings is 1. The second-order valence-electron chi connectivity index (χ2n) is 8.39. The first-order chi connectivity index (χ1) is 17.1. The summed E-state index contributed by atoms with van der Waals surface area (Å²) in [5, 5.41) is 5.39. The first-order valence-electron chi connectivity index (χ1n) is 11.8. The van der Waals surface area contributed by atoms with Crippen LogP contribution in [0.25, 0.3) is 11.1 Å². The SMILES string of the molecule is CCOC(=O)c1c(-c2ccccc2)csc1NC(=O)CN1CCN(Cc2cccc(OC)c2)CC1. The molecule has 1 aliphatic rings. The quantitative estimate of drug-likeness (QED) is 0.447. The summed E-state index contributed by atoms with van der Waals surface area (Å²) in [4.78, 5) is 30.1. The van der Waals surface area contributed by atoms with Crippen molar-refractivity contribution in [2.24, 2.45) is 0 Å². The molecule has 2 heterocycles. The fourth-order valence-electron chi connectivity index (χ4n) is 4.19. The number of benzene rings is 2. The number of methoxy groups -OCH3 is 1. The predicted molar refractivity (Wildman–Crippen MR) is 139 cm³/mol. The van der Waals surface area contributed by atoms with E-state index in [4.69, 9.17) is 9.47 Å². The van der Waals surface area contributed by atoms with Gasteiger partial charge in [0.2, 0.25) is 5.91 Å². The number of esters is 1. The van der Waals surface area contributed by atoms with Crippen LogP contribution in [0.3, 0.4) is 0 Å². The van der Waals surface area contributed by atoms with Crippen molar-refractivity contribution in [3.63, 3.8) is 0 Å². The number of hydrogen-bond donors (Lipinski definition) is 1. The van der Waals surface area contributed by atoms with E-state index in [0.29, 0.717) is 10.6 Å². The molecule has 0 saturated carbocycles. The van der Waals surface area contributed by atoms with Gasteiger partial charge in [0.25, 0.3) is 0 Å². The number of amides is 1. The number of carbonyl (C=O) groups excluding carboxylic acids is 2. The molecule has 4 rings (SSSR count). The Morgan fingerprint density at radius 3 is 2.46 bits per heavy atom. The van der Waals surface area contributed by atoms with Crippen LogP contribution in [0.2, 0.25) is 0 Å². The van der Waals surface area contributed by atoms with Gasteiger partial charge in [-0.05, 0) is 30.2 Å². The van der Waals surface area contributed by atoms with Crippen molar-refractivity contribution in [3.8, 4) is 16.9 Å². The molecule has 1 amide bonds. The molecule has 1 aromatic heterocycles. The van der Waals surface area contributed by atoms with Crippen LogP contribution in [0.5, 0.6) is 5.75 Å². The van der Waals surface area contributed by atoms with Crippen LogP contribution in [0, 0.1) is 0 Å². The van der Waals surface area contributed by atoms with Crippen molar-refractivity contribution in [1.82, 2.24) is 9.80 Å². The number of nitrogens with zero attached hydrogens (tertiary/aromatic N) is 2. The molecule has 0 unspecified atom stereocenters. The molecule has 1 saturated heterocycles. The summed E-state index contributed by atoms with van der Waals surface area (Å²) in [6.45, 7) is 6.58. The lowest BCUT2D eigenvalue weighted by Gasteiger charge is -2.34. The zero-order valence-electron chi connectivity index (χ0n) is 20.2. The molecule has 184 valence electrons. The van der Waals surface area contributed by atoms with Gasteiger partial charge in [-0.2, -0.15) is 0 Å². The van der Waals surface area contributed by atoms with Crippen LogP contribution in [0.4, 0.5) is 5.00 Å². The smallest absolute Gasteiger partial charge is 0.341 e. The highest BCUT2D eigenvalue weighted by molar-refractivity contribution is 7.15. The molecule has 35 heavy (non-hydrogen) atoms. The van der Waals surface area contributed by atoms with E-state index >= 15 is 0 Å². The maximum Gasteiger partial charge on any atom is 0.341 e. The van der Waals surface area contributed by atoms with Crippen molar-refractivity contribution in [2.75, 3.05) is 51.8 Å². The van der Waals surface area contributed by atoms with Crippen LogP contribution < -0.4 is 10.1 Å². The lowest BCUT2D eigenvalue weighted by Crippen LogP contribution is -2.48. The fourth-order valence-corrected chi connectivity index (χ4v) is 5.16. The predicted octanol–water partition coefficient (Wildman–Crippen LogP) is 4.36. The van der Waals surface area contributed by atoms with E-state index in [9.17, 15) is 9.59 Å². The topological polar surface area (TPSA) is 71.1 Å². The summed E-state index contributed by atoms with van der Waals surface area (Å²) in [6.07, 6.45) is 0. The second-order valence-corrected chi connectivity index (χ2v) is 9.27. The van der Waals surface area contributed by atoms with Crippen LogP contribution in [-0.4, -0.2) is 68.1 Å². The van der Waals surface area contributed by atoms with E-state index in [1.54, 1.807) is 14.0 Å². The number of anilines is 1. The van der Waals surface area contributed by atoms with Crippen molar-refractivity contribution in [3.05, 3.63) is 71.1 Å². The van der Waals surface area contributed by atoms with Gasteiger partial charge in [-0.15, -0.1) is 11.3 Å². The lowest BCUT2D eigenvalue weighted by atomic mass is 10.0. The third-order valence-electron chi connectivity index (χ3n) is 5.98. The van der Waals surface area contributed by atoms with E-state index in [-0.39, 0.29) is 19.1 Å². The van der Waals surface area contributed by atoms with Gasteiger partial charge in [0.15, 0.2) is 0 Å². The Hall–Kier alpha value is -3.20. The Bertz CT molecular complexity index is 1140. The average Bonchev–Trinajstić information content (AvgIpc) is 3.29. The number of piperazine rings is 1. The molecule has 0 radical (unpaired) electrons. The standard InChI is InChI=1S/C27H31N3O4S/c1-3-34-27(32)25-23(21-9-5-4-6-10-21)19-35-26(25)28-24(31)18-30-14-12-29(13-15-30)17-20-8-7-11-22(16-20)33-2/h4-11,16,19H,3,12-15,17-18H2,1-2H3,(H,28,31). The van der Waals surface area contributed by atoms with Gasteiger partial charge in [-0.3, -0.25) is 14.6 Å². The Morgan fingerprint density at radius 1 is 1.00 bits per heavy atom. The molecule has 1 N–H and O–H groups in total. The molecule has 3 aromatic rings. The van der Waals surface area contributed by atoms with E-state index < -0.39 is 5.97 Å².